The summed E-state index contributed by atoms with van der Waals surface area (Å²) < 4.78 is 5.69. The van der Waals surface area contributed by atoms with Gasteiger partial charge in [-0.3, -0.25) is 0 Å². The molecule has 0 aromatic rings. The van der Waals surface area contributed by atoms with Crippen molar-refractivity contribution < 1.29 is 4.43 Å². The first-order valence-electron chi connectivity index (χ1n) is 4.61. The lowest BCUT2D eigenvalue weighted by Crippen LogP contribution is -2.22. The Morgan fingerprint density at radius 3 is 2.67 bits per heavy atom. The molecule has 12 heavy (non-hydrogen) atoms. The first-order valence-corrected chi connectivity index (χ1v) is 8.02. The summed E-state index contributed by atoms with van der Waals surface area (Å²) in [5, 5.41) is 0. The van der Waals surface area contributed by atoms with Crippen LogP contribution >= 0.6 is 0 Å². The van der Waals surface area contributed by atoms with Crippen molar-refractivity contribution in [1.82, 2.24) is 0 Å². The van der Waals surface area contributed by atoms with Crippen LogP contribution in [0.1, 0.15) is 19.3 Å². The fourth-order valence-electron chi connectivity index (χ4n) is 1.09. The summed E-state index contributed by atoms with van der Waals surface area (Å²) in [6.07, 6.45) is 10.1. The van der Waals surface area contributed by atoms with Crippen molar-refractivity contribution in [1.29, 1.82) is 0 Å². The van der Waals surface area contributed by atoms with E-state index in [2.05, 4.69) is 31.8 Å². The van der Waals surface area contributed by atoms with Gasteiger partial charge in [-0.15, -0.1) is 0 Å². The van der Waals surface area contributed by atoms with Crippen LogP contribution in [0.25, 0.3) is 0 Å². The summed E-state index contributed by atoms with van der Waals surface area (Å²) in [6, 6.07) is 0. The molecule has 0 saturated heterocycles. The summed E-state index contributed by atoms with van der Waals surface area (Å²) in [5.74, 6) is 0. The van der Waals surface area contributed by atoms with Crippen molar-refractivity contribution in [2.45, 2.75) is 38.9 Å². The topological polar surface area (TPSA) is 9.23 Å². The van der Waals surface area contributed by atoms with Crippen molar-refractivity contribution in [3.8, 4) is 0 Å². The molecule has 0 radical (unpaired) electrons. The highest BCUT2D eigenvalue weighted by Crippen LogP contribution is 2.17. The second-order valence-electron chi connectivity index (χ2n) is 4.22. The lowest BCUT2D eigenvalue weighted by Gasteiger charge is -2.17. The molecule has 0 amide bonds. The summed E-state index contributed by atoms with van der Waals surface area (Å²) >= 11 is 0. The Bertz CT molecular complexity index is 198. The molecule has 0 bridgehead atoms. The van der Waals surface area contributed by atoms with Crippen LogP contribution in [0, 0.1) is 0 Å². The number of allylic oxidation sites excluding steroid dienone is 3. The predicted molar refractivity (Wildman–Crippen MR) is 55.5 cm³/mol. The summed E-state index contributed by atoms with van der Waals surface area (Å²) in [6.45, 7) is 6.61. The van der Waals surface area contributed by atoms with Gasteiger partial charge >= 0.3 is 0 Å². The Hall–Kier alpha value is -0.503. The van der Waals surface area contributed by atoms with Crippen LogP contribution in [0.2, 0.25) is 19.6 Å². The van der Waals surface area contributed by atoms with Crippen LogP contribution in [0.5, 0.6) is 0 Å². The minimum atomic E-state index is -1.35. The monoisotopic (exact) mass is 182 g/mol. The Kier molecular flexibility index (Phi) is 3.15. The Morgan fingerprint density at radius 2 is 2.17 bits per heavy atom. The highest BCUT2D eigenvalue weighted by atomic mass is 28.4. The fourth-order valence-corrected chi connectivity index (χ4v) is 1.60. The average molecular weight is 182 g/mol. The zero-order valence-corrected chi connectivity index (χ0v) is 9.26. The van der Waals surface area contributed by atoms with Gasteiger partial charge < -0.3 is 4.43 Å². The molecule has 0 spiro atoms. The van der Waals surface area contributed by atoms with Crippen LogP contribution in [0.15, 0.2) is 24.0 Å². The first kappa shape index (κ1) is 9.58. The molecule has 0 N–H and O–H groups in total. The molecule has 2 heteroatoms. The lowest BCUT2D eigenvalue weighted by atomic mass is 10.0. The molecule has 0 aliphatic heterocycles. The zero-order valence-electron chi connectivity index (χ0n) is 8.26. The Morgan fingerprint density at radius 1 is 1.42 bits per heavy atom. The third-order valence-electron chi connectivity index (χ3n) is 1.73. The van der Waals surface area contributed by atoms with E-state index in [1.165, 1.54) is 24.8 Å². The van der Waals surface area contributed by atoms with Crippen LogP contribution in [-0.2, 0) is 4.43 Å². The fraction of sp³-hybridized carbons (Fsp3) is 0.600. The highest BCUT2D eigenvalue weighted by Gasteiger charge is 2.13. The van der Waals surface area contributed by atoms with Gasteiger partial charge in [0.05, 0.1) is 6.26 Å². The molecule has 0 saturated carbocycles. The second kappa shape index (κ2) is 3.94. The van der Waals surface area contributed by atoms with Crippen LogP contribution in [-0.4, -0.2) is 8.32 Å². The van der Waals surface area contributed by atoms with Crippen molar-refractivity contribution in [3.05, 3.63) is 24.0 Å². The summed E-state index contributed by atoms with van der Waals surface area (Å²) in [4.78, 5) is 0. The predicted octanol–water partition coefficient (Wildman–Crippen LogP) is 3.46. The van der Waals surface area contributed by atoms with E-state index in [-0.39, 0.29) is 0 Å². The molecule has 0 aromatic carbocycles. The molecule has 0 aromatic heterocycles. The molecular formula is C10H18OSi. The minimum Gasteiger partial charge on any atom is -0.549 e. The summed E-state index contributed by atoms with van der Waals surface area (Å²) in [5.41, 5.74) is 1.35. The largest absolute Gasteiger partial charge is 0.549 e. The molecule has 0 heterocycles. The molecule has 68 valence electrons. The minimum absolute atomic E-state index is 1.18. The molecule has 1 aliphatic rings. The van der Waals surface area contributed by atoms with E-state index in [4.69, 9.17) is 4.43 Å². The van der Waals surface area contributed by atoms with E-state index in [0.717, 1.165) is 0 Å². The first-order chi connectivity index (χ1) is 5.58. The van der Waals surface area contributed by atoms with Crippen LogP contribution < -0.4 is 0 Å². The molecule has 0 atom stereocenters. The van der Waals surface area contributed by atoms with E-state index in [0.29, 0.717) is 0 Å². The molecule has 0 fully saturated rings. The third-order valence-corrected chi connectivity index (χ3v) is 2.56. The normalized spacial score (nSPS) is 21.4. The smallest absolute Gasteiger partial charge is 0.241 e. The van der Waals surface area contributed by atoms with Gasteiger partial charge in [-0.1, -0.05) is 12.2 Å². The Labute approximate surface area is 76.3 Å². The quantitative estimate of drug-likeness (QED) is 0.469. The van der Waals surface area contributed by atoms with E-state index < -0.39 is 8.32 Å². The highest BCUT2D eigenvalue weighted by molar-refractivity contribution is 6.69. The zero-order chi connectivity index (χ0) is 9.03. The van der Waals surface area contributed by atoms with Crippen LogP contribution in [0.4, 0.5) is 0 Å². The number of hydrogen-bond acceptors (Lipinski definition) is 1. The SMILES string of the molecule is C[Si](C)(C)OC=C1C=CCCC1. The molecule has 1 nitrogen and oxygen atoms in total. The van der Waals surface area contributed by atoms with Crippen molar-refractivity contribution in [2.24, 2.45) is 0 Å². The second-order valence-corrected chi connectivity index (χ2v) is 8.68. The Balaban J connectivity index is 2.46. The van der Waals surface area contributed by atoms with Gasteiger partial charge in [-0.25, -0.2) is 0 Å². The van der Waals surface area contributed by atoms with Gasteiger partial charge in [0.1, 0.15) is 0 Å². The van der Waals surface area contributed by atoms with Crippen LogP contribution in [0.3, 0.4) is 0 Å². The summed E-state index contributed by atoms with van der Waals surface area (Å²) in [7, 11) is -1.35. The van der Waals surface area contributed by atoms with Gasteiger partial charge in [0.25, 0.3) is 0 Å². The maximum absolute atomic E-state index is 5.69. The van der Waals surface area contributed by atoms with E-state index in [9.17, 15) is 0 Å². The van der Waals surface area contributed by atoms with Gasteiger partial charge in [0, 0.05) is 0 Å². The molecule has 1 aliphatic carbocycles. The third kappa shape index (κ3) is 3.76. The molecular weight excluding hydrogens is 164 g/mol. The number of rotatable bonds is 2. The lowest BCUT2D eigenvalue weighted by molar-refractivity contribution is 0.471. The van der Waals surface area contributed by atoms with Gasteiger partial charge in [0.15, 0.2) is 0 Å². The van der Waals surface area contributed by atoms with E-state index >= 15 is 0 Å². The van der Waals surface area contributed by atoms with Crippen molar-refractivity contribution in [2.75, 3.05) is 0 Å². The standard InChI is InChI=1S/C10H18OSi/c1-12(2,3)11-9-10-7-5-4-6-8-10/h5,7,9H,4,6,8H2,1-3H3. The maximum atomic E-state index is 5.69. The molecule has 0 unspecified atom stereocenters. The maximum Gasteiger partial charge on any atom is 0.241 e. The van der Waals surface area contributed by atoms with E-state index in [1.54, 1.807) is 0 Å². The van der Waals surface area contributed by atoms with Gasteiger partial charge in [-0.2, -0.15) is 0 Å². The number of hydrogen-bond donors (Lipinski definition) is 0. The molecule has 1 rings (SSSR count). The van der Waals surface area contributed by atoms with Crippen molar-refractivity contribution in [3.63, 3.8) is 0 Å². The van der Waals surface area contributed by atoms with Gasteiger partial charge in [0.2, 0.25) is 8.32 Å². The van der Waals surface area contributed by atoms with Gasteiger partial charge in [-0.05, 0) is 44.5 Å². The average Bonchev–Trinajstić information content (AvgIpc) is 2.02. The van der Waals surface area contributed by atoms with Crippen molar-refractivity contribution >= 4 is 8.32 Å². The van der Waals surface area contributed by atoms with E-state index in [1.807, 2.05) is 6.26 Å².